The number of carbonyl (C=O) groups excluding carboxylic acids is 2. The predicted octanol–water partition coefficient (Wildman–Crippen LogP) is 2.30. The van der Waals surface area contributed by atoms with Crippen molar-refractivity contribution in [2.45, 2.75) is 0 Å². The molecule has 0 saturated carbocycles. The first kappa shape index (κ1) is 14.5. The Labute approximate surface area is 121 Å². The van der Waals surface area contributed by atoms with Crippen molar-refractivity contribution in [1.82, 2.24) is 10.9 Å². The minimum Gasteiger partial charge on any atom is -0.268 e. The van der Waals surface area contributed by atoms with Gasteiger partial charge in [0.2, 0.25) is 0 Å². The molecule has 0 aromatic heterocycles. The van der Waals surface area contributed by atoms with Gasteiger partial charge in [-0.2, -0.15) is 0 Å². The monoisotopic (exact) mass is 284 g/mol. The van der Waals surface area contributed by atoms with Gasteiger partial charge in [0.05, 0.1) is 0 Å². The van der Waals surface area contributed by atoms with E-state index in [2.05, 4.69) is 10.9 Å². The molecule has 0 aliphatic heterocycles. The van der Waals surface area contributed by atoms with E-state index in [4.69, 9.17) is 0 Å². The molecule has 0 spiro atoms. The molecule has 0 atom stereocenters. The van der Waals surface area contributed by atoms with Gasteiger partial charge in [0.15, 0.2) is 0 Å². The van der Waals surface area contributed by atoms with Gasteiger partial charge in [-0.15, -0.1) is 0 Å². The Bertz CT molecular complexity index is 669. The highest BCUT2D eigenvalue weighted by molar-refractivity contribution is 5.97. The van der Waals surface area contributed by atoms with E-state index in [1.807, 2.05) is 30.3 Å². The first-order valence-corrected chi connectivity index (χ1v) is 6.24. The molecule has 0 fully saturated rings. The zero-order valence-electron chi connectivity index (χ0n) is 11.0. The number of rotatable bonds is 3. The maximum absolute atomic E-state index is 13.0. The summed E-state index contributed by atoms with van der Waals surface area (Å²) >= 11 is 0. The quantitative estimate of drug-likeness (QED) is 0.671. The SMILES string of the molecule is O=C(/C=C/c1ccccc1)NNC(=O)c1cccc(F)c1. The molecular formula is C16H13FN2O2. The summed E-state index contributed by atoms with van der Waals surface area (Å²) in [7, 11) is 0. The van der Waals surface area contributed by atoms with Crippen molar-refractivity contribution in [3.05, 3.63) is 77.6 Å². The van der Waals surface area contributed by atoms with Crippen molar-refractivity contribution in [3.63, 3.8) is 0 Å². The first-order chi connectivity index (χ1) is 10.1. The normalized spacial score (nSPS) is 10.3. The Morgan fingerprint density at radius 3 is 2.43 bits per heavy atom. The van der Waals surface area contributed by atoms with Crippen LogP contribution in [0.3, 0.4) is 0 Å². The molecule has 0 radical (unpaired) electrons. The summed E-state index contributed by atoms with van der Waals surface area (Å²) in [5.74, 6) is -1.59. The lowest BCUT2D eigenvalue weighted by atomic mass is 10.2. The van der Waals surface area contributed by atoms with E-state index in [-0.39, 0.29) is 5.56 Å². The van der Waals surface area contributed by atoms with Crippen molar-refractivity contribution in [1.29, 1.82) is 0 Å². The van der Waals surface area contributed by atoms with Crippen LogP contribution in [0.4, 0.5) is 4.39 Å². The van der Waals surface area contributed by atoms with Gasteiger partial charge in [0.25, 0.3) is 11.8 Å². The third-order valence-corrected chi connectivity index (χ3v) is 2.61. The molecule has 2 aromatic rings. The summed E-state index contributed by atoms with van der Waals surface area (Å²) in [6.45, 7) is 0. The van der Waals surface area contributed by atoms with Crippen LogP contribution >= 0.6 is 0 Å². The van der Waals surface area contributed by atoms with E-state index in [1.54, 1.807) is 6.08 Å². The van der Waals surface area contributed by atoms with Crippen LogP contribution in [0.15, 0.2) is 60.7 Å². The van der Waals surface area contributed by atoms with Gasteiger partial charge >= 0.3 is 0 Å². The van der Waals surface area contributed by atoms with Crippen LogP contribution < -0.4 is 10.9 Å². The van der Waals surface area contributed by atoms with Crippen molar-refractivity contribution in [2.24, 2.45) is 0 Å². The molecule has 0 bridgehead atoms. The van der Waals surface area contributed by atoms with Crippen LogP contribution in [0.5, 0.6) is 0 Å². The van der Waals surface area contributed by atoms with Gasteiger partial charge < -0.3 is 0 Å². The largest absolute Gasteiger partial charge is 0.269 e. The van der Waals surface area contributed by atoms with Crippen LogP contribution in [0.25, 0.3) is 6.08 Å². The molecule has 2 N–H and O–H groups in total. The highest BCUT2D eigenvalue weighted by atomic mass is 19.1. The number of carbonyl (C=O) groups is 2. The Kier molecular flexibility index (Phi) is 4.82. The minimum absolute atomic E-state index is 0.127. The number of nitrogens with one attached hydrogen (secondary N) is 2. The third kappa shape index (κ3) is 4.58. The number of benzene rings is 2. The van der Waals surface area contributed by atoms with Crippen LogP contribution in [0.2, 0.25) is 0 Å². The van der Waals surface area contributed by atoms with Crippen LogP contribution in [-0.2, 0) is 4.79 Å². The predicted molar refractivity (Wildman–Crippen MR) is 77.5 cm³/mol. The average molecular weight is 284 g/mol. The van der Waals surface area contributed by atoms with Gasteiger partial charge in [-0.25, -0.2) is 4.39 Å². The molecular weight excluding hydrogens is 271 g/mol. The lowest BCUT2D eigenvalue weighted by Gasteiger charge is -2.05. The molecule has 106 valence electrons. The van der Waals surface area contributed by atoms with E-state index in [0.29, 0.717) is 0 Å². The molecule has 2 amide bonds. The minimum atomic E-state index is -0.587. The Hall–Kier alpha value is -2.95. The molecule has 0 aliphatic carbocycles. The Morgan fingerprint density at radius 1 is 0.952 bits per heavy atom. The summed E-state index contributed by atoms with van der Waals surface area (Å²) in [4.78, 5) is 23.2. The molecule has 0 aliphatic rings. The maximum atomic E-state index is 13.0. The molecule has 0 unspecified atom stereocenters. The fraction of sp³-hybridized carbons (Fsp3) is 0. The first-order valence-electron chi connectivity index (χ1n) is 6.24. The number of halogens is 1. The standard InChI is InChI=1S/C16H13FN2O2/c17-14-8-4-7-13(11-14)16(21)19-18-15(20)10-9-12-5-2-1-3-6-12/h1-11H,(H,18,20)(H,19,21)/b10-9+. The molecule has 21 heavy (non-hydrogen) atoms. The Morgan fingerprint density at radius 2 is 1.71 bits per heavy atom. The van der Waals surface area contributed by atoms with Gasteiger partial charge in [-0.3, -0.25) is 20.4 Å². The number of hydrazine groups is 1. The molecule has 0 saturated heterocycles. The molecule has 5 heteroatoms. The van der Waals surface area contributed by atoms with Gasteiger partial charge in [-0.05, 0) is 29.8 Å². The van der Waals surface area contributed by atoms with E-state index in [0.717, 1.165) is 11.6 Å². The highest BCUT2D eigenvalue weighted by Crippen LogP contribution is 2.03. The van der Waals surface area contributed by atoms with E-state index in [1.165, 1.54) is 24.3 Å². The Balaban J connectivity index is 1.87. The third-order valence-electron chi connectivity index (χ3n) is 2.61. The number of amides is 2. The van der Waals surface area contributed by atoms with Crippen molar-refractivity contribution in [3.8, 4) is 0 Å². The summed E-state index contributed by atoms with van der Waals surface area (Å²) < 4.78 is 13.0. The van der Waals surface area contributed by atoms with Crippen LogP contribution in [0.1, 0.15) is 15.9 Å². The highest BCUT2D eigenvalue weighted by Gasteiger charge is 2.06. The second-order valence-corrected chi connectivity index (χ2v) is 4.20. The van der Waals surface area contributed by atoms with E-state index < -0.39 is 17.6 Å². The van der Waals surface area contributed by atoms with Crippen LogP contribution in [0, 0.1) is 5.82 Å². The maximum Gasteiger partial charge on any atom is 0.269 e. The van der Waals surface area contributed by atoms with E-state index >= 15 is 0 Å². The average Bonchev–Trinajstić information content (AvgIpc) is 2.51. The topological polar surface area (TPSA) is 58.2 Å². The lowest BCUT2D eigenvalue weighted by molar-refractivity contribution is -0.117. The smallest absolute Gasteiger partial charge is 0.268 e. The summed E-state index contributed by atoms with van der Waals surface area (Å²) in [6, 6.07) is 14.4. The van der Waals surface area contributed by atoms with Crippen LogP contribution in [-0.4, -0.2) is 11.8 Å². The molecule has 2 aromatic carbocycles. The van der Waals surface area contributed by atoms with Crippen molar-refractivity contribution >= 4 is 17.9 Å². The van der Waals surface area contributed by atoms with Crippen molar-refractivity contribution in [2.75, 3.05) is 0 Å². The van der Waals surface area contributed by atoms with Gasteiger partial charge in [0.1, 0.15) is 5.82 Å². The van der Waals surface area contributed by atoms with Crippen molar-refractivity contribution < 1.29 is 14.0 Å². The zero-order valence-corrected chi connectivity index (χ0v) is 11.0. The second-order valence-electron chi connectivity index (χ2n) is 4.20. The van der Waals surface area contributed by atoms with Gasteiger partial charge in [-0.1, -0.05) is 36.4 Å². The molecule has 0 heterocycles. The lowest BCUT2D eigenvalue weighted by Crippen LogP contribution is -2.40. The second kappa shape index (κ2) is 7.00. The summed E-state index contributed by atoms with van der Waals surface area (Å²) in [6.07, 6.45) is 2.91. The number of hydrogen-bond acceptors (Lipinski definition) is 2. The molecule has 4 nitrogen and oxygen atoms in total. The summed E-state index contributed by atoms with van der Waals surface area (Å²) in [5, 5.41) is 0. The fourth-order valence-electron chi connectivity index (χ4n) is 1.60. The van der Waals surface area contributed by atoms with Gasteiger partial charge in [0, 0.05) is 11.6 Å². The molecule has 2 rings (SSSR count). The van der Waals surface area contributed by atoms with E-state index in [9.17, 15) is 14.0 Å². The summed E-state index contributed by atoms with van der Waals surface area (Å²) in [5.41, 5.74) is 5.42. The number of hydrogen-bond donors (Lipinski definition) is 2. The fourth-order valence-corrected chi connectivity index (χ4v) is 1.60. The zero-order chi connectivity index (χ0) is 15.1.